The average Bonchev–Trinajstić information content (AvgIpc) is 2.72. The second-order valence-electron chi connectivity index (χ2n) is 7.50. The number of benzene rings is 1. The van der Waals surface area contributed by atoms with E-state index in [0.29, 0.717) is 25.0 Å². The van der Waals surface area contributed by atoms with Gasteiger partial charge in [-0.3, -0.25) is 4.90 Å². The molecule has 27 heavy (non-hydrogen) atoms. The molecule has 2 rings (SSSR count). The maximum absolute atomic E-state index is 12.6. The molecule has 0 saturated carbocycles. The van der Waals surface area contributed by atoms with Crippen LogP contribution in [-0.2, 0) is 17.7 Å². The van der Waals surface area contributed by atoms with E-state index in [1.54, 1.807) is 4.90 Å². The van der Waals surface area contributed by atoms with Gasteiger partial charge in [0.1, 0.15) is 0 Å². The molecule has 1 atom stereocenters. The molecule has 1 unspecified atom stereocenters. The molecule has 1 aliphatic heterocycles. The summed E-state index contributed by atoms with van der Waals surface area (Å²) in [5, 5.41) is 3.18. The third-order valence-corrected chi connectivity index (χ3v) is 5.77. The van der Waals surface area contributed by atoms with E-state index in [-0.39, 0.29) is 6.03 Å². The number of carbonyl (C=O) groups is 1. The fraction of sp³-hybridized carbons (Fsp3) is 0.682. The second-order valence-corrected chi connectivity index (χ2v) is 7.50. The van der Waals surface area contributed by atoms with Crippen molar-refractivity contribution in [3.8, 4) is 0 Å². The third-order valence-electron chi connectivity index (χ3n) is 5.77. The van der Waals surface area contributed by atoms with Gasteiger partial charge in [-0.2, -0.15) is 0 Å². The molecule has 1 aromatic rings. The van der Waals surface area contributed by atoms with Crippen molar-refractivity contribution in [3.63, 3.8) is 0 Å². The highest BCUT2D eigenvalue weighted by Gasteiger charge is 2.27. The number of urea groups is 1. The van der Waals surface area contributed by atoms with Crippen molar-refractivity contribution in [2.24, 2.45) is 5.92 Å². The van der Waals surface area contributed by atoms with Crippen molar-refractivity contribution < 1.29 is 9.53 Å². The Bertz CT molecular complexity index is 551. The number of ether oxygens (including phenoxy) is 1. The van der Waals surface area contributed by atoms with Crippen LogP contribution in [0.25, 0.3) is 0 Å². The summed E-state index contributed by atoms with van der Waals surface area (Å²) >= 11 is 0. The second kappa shape index (κ2) is 11.3. The van der Waals surface area contributed by atoms with Gasteiger partial charge in [0.2, 0.25) is 0 Å². The zero-order valence-corrected chi connectivity index (χ0v) is 17.5. The minimum Gasteiger partial charge on any atom is -0.379 e. The van der Waals surface area contributed by atoms with Gasteiger partial charge in [0.05, 0.1) is 13.2 Å². The number of carbonyl (C=O) groups excluding carboxylic acids is 1. The predicted molar refractivity (Wildman–Crippen MR) is 111 cm³/mol. The summed E-state index contributed by atoms with van der Waals surface area (Å²) in [5.74, 6) is 0.593. The highest BCUT2D eigenvalue weighted by Crippen LogP contribution is 2.19. The number of amides is 2. The van der Waals surface area contributed by atoms with Crippen LogP contribution in [0.5, 0.6) is 0 Å². The van der Waals surface area contributed by atoms with Gasteiger partial charge in [0, 0.05) is 39.3 Å². The molecule has 0 radical (unpaired) electrons. The quantitative estimate of drug-likeness (QED) is 0.718. The number of hydrogen-bond acceptors (Lipinski definition) is 3. The fourth-order valence-corrected chi connectivity index (χ4v) is 3.89. The molecular weight excluding hydrogens is 338 g/mol. The van der Waals surface area contributed by atoms with Gasteiger partial charge in [-0.05, 0) is 23.5 Å². The molecule has 1 aliphatic rings. The lowest BCUT2D eigenvalue weighted by atomic mass is 9.92. The van der Waals surface area contributed by atoms with Crippen molar-refractivity contribution in [1.82, 2.24) is 15.1 Å². The molecule has 152 valence electrons. The molecule has 1 saturated heterocycles. The highest BCUT2D eigenvalue weighted by atomic mass is 16.5. The van der Waals surface area contributed by atoms with Crippen LogP contribution in [0.3, 0.4) is 0 Å². The summed E-state index contributed by atoms with van der Waals surface area (Å²) in [4.78, 5) is 16.9. The van der Waals surface area contributed by atoms with E-state index >= 15 is 0 Å². The maximum Gasteiger partial charge on any atom is 0.317 e. The summed E-state index contributed by atoms with van der Waals surface area (Å²) in [7, 11) is 1.87. The summed E-state index contributed by atoms with van der Waals surface area (Å²) in [6.07, 6.45) is 3.30. The van der Waals surface area contributed by atoms with Gasteiger partial charge >= 0.3 is 6.03 Å². The van der Waals surface area contributed by atoms with Crippen LogP contribution < -0.4 is 5.32 Å². The molecule has 0 aromatic heterocycles. The summed E-state index contributed by atoms with van der Waals surface area (Å²) < 4.78 is 5.51. The third kappa shape index (κ3) is 6.51. The Hall–Kier alpha value is -1.59. The van der Waals surface area contributed by atoms with Crippen molar-refractivity contribution in [1.29, 1.82) is 0 Å². The minimum atomic E-state index is -0.00113. The van der Waals surface area contributed by atoms with Crippen molar-refractivity contribution >= 4 is 6.03 Å². The molecule has 1 N–H and O–H groups in total. The van der Waals surface area contributed by atoms with Crippen LogP contribution in [0.1, 0.15) is 44.7 Å². The van der Waals surface area contributed by atoms with E-state index in [4.69, 9.17) is 4.74 Å². The first-order valence-corrected chi connectivity index (χ1v) is 10.5. The molecular formula is C22H37N3O2. The Balaban J connectivity index is 1.90. The minimum absolute atomic E-state index is 0.00113. The summed E-state index contributed by atoms with van der Waals surface area (Å²) in [5.41, 5.74) is 2.49. The molecule has 0 aliphatic carbocycles. The lowest BCUT2D eigenvalue weighted by Gasteiger charge is -2.39. The lowest BCUT2D eigenvalue weighted by Crippen LogP contribution is -2.53. The number of aryl methyl sites for hydroxylation is 1. The number of morpholine rings is 1. The summed E-state index contributed by atoms with van der Waals surface area (Å²) in [6.45, 7) is 11.5. The molecule has 5 nitrogen and oxygen atoms in total. The van der Waals surface area contributed by atoms with Crippen LogP contribution in [0, 0.1) is 5.92 Å². The smallest absolute Gasteiger partial charge is 0.317 e. The first-order valence-electron chi connectivity index (χ1n) is 10.5. The van der Waals surface area contributed by atoms with Gasteiger partial charge in [-0.1, -0.05) is 57.9 Å². The van der Waals surface area contributed by atoms with Crippen molar-refractivity contribution in [2.75, 3.05) is 39.9 Å². The standard InChI is InChI=1S/C22H37N3O2/c1-5-18-8-10-19(11-9-18)17-24(4)22(26)23-16-21(20(6-2)7-3)25-12-14-27-15-13-25/h8-11,20-21H,5-7,12-17H2,1-4H3,(H,23,26). The first-order chi connectivity index (χ1) is 13.1. The maximum atomic E-state index is 12.6. The average molecular weight is 376 g/mol. The number of nitrogens with zero attached hydrogens (tertiary/aromatic N) is 2. The Morgan fingerprint density at radius 2 is 1.70 bits per heavy atom. The lowest BCUT2D eigenvalue weighted by molar-refractivity contribution is 0.00215. The van der Waals surface area contributed by atoms with E-state index in [1.807, 2.05) is 7.05 Å². The van der Waals surface area contributed by atoms with Gasteiger partial charge < -0.3 is 15.0 Å². The van der Waals surface area contributed by atoms with E-state index in [1.165, 1.54) is 5.56 Å². The van der Waals surface area contributed by atoms with Crippen molar-refractivity contribution in [3.05, 3.63) is 35.4 Å². The van der Waals surface area contributed by atoms with Crippen molar-refractivity contribution in [2.45, 2.75) is 52.6 Å². The monoisotopic (exact) mass is 375 g/mol. The summed E-state index contributed by atoms with van der Waals surface area (Å²) in [6, 6.07) is 8.89. The molecule has 0 spiro atoms. The largest absolute Gasteiger partial charge is 0.379 e. The van der Waals surface area contributed by atoms with Crippen LogP contribution in [-0.4, -0.2) is 61.8 Å². The predicted octanol–water partition coefficient (Wildman–Crippen LogP) is 3.53. The van der Waals surface area contributed by atoms with Gasteiger partial charge in [-0.25, -0.2) is 4.79 Å². The van der Waals surface area contributed by atoms with E-state index in [2.05, 4.69) is 55.3 Å². The molecule has 1 fully saturated rings. The number of rotatable bonds is 9. The van der Waals surface area contributed by atoms with E-state index < -0.39 is 0 Å². The van der Waals surface area contributed by atoms with Crippen LogP contribution >= 0.6 is 0 Å². The number of nitrogens with one attached hydrogen (secondary N) is 1. The molecule has 5 heteroatoms. The molecule has 2 amide bonds. The van der Waals surface area contributed by atoms with Gasteiger partial charge in [-0.15, -0.1) is 0 Å². The SMILES string of the molecule is CCc1ccc(CN(C)C(=O)NCC(C(CC)CC)N2CCOCC2)cc1. The van der Waals surface area contributed by atoms with Crippen LogP contribution in [0.2, 0.25) is 0 Å². The zero-order chi connectivity index (χ0) is 19.6. The zero-order valence-electron chi connectivity index (χ0n) is 17.5. The van der Waals surface area contributed by atoms with Crippen LogP contribution in [0.15, 0.2) is 24.3 Å². The molecule has 0 bridgehead atoms. The molecule has 1 heterocycles. The topological polar surface area (TPSA) is 44.8 Å². The molecule has 1 aromatic carbocycles. The first kappa shape index (κ1) is 21.7. The van der Waals surface area contributed by atoms with Gasteiger partial charge in [0.15, 0.2) is 0 Å². The Morgan fingerprint density at radius 3 is 2.26 bits per heavy atom. The normalized spacial score (nSPS) is 16.3. The highest BCUT2D eigenvalue weighted by molar-refractivity contribution is 5.73. The number of hydrogen-bond donors (Lipinski definition) is 1. The van der Waals surface area contributed by atoms with E-state index in [0.717, 1.165) is 51.1 Å². The van der Waals surface area contributed by atoms with Gasteiger partial charge in [0.25, 0.3) is 0 Å². The Morgan fingerprint density at radius 1 is 1.11 bits per heavy atom. The van der Waals surface area contributed by atoms with E-state index in [9.17, 15) is 4.79 Å². The Labute approximate surface area is 165 Å². The fourth-order valence-electron chi connectivity index (χ4n) is 3.89. The Kier molecular flexibility index (Phi) is 9.08. The van der Waals surface area contributed by atoms with Crippen LogP contribution in [0.4, 0.5) is 4.79 Å².